The van der Waals surface area contributed by atoms with Crippen molar-refractivity contribution in [3.8, 4) is 0 Å². The number of carbonyl (C=O) groups is 1. The van der Waals surface area contributed by atoms with Gasteiger partial charge in [-0.3, -0.25) is 4.79 Å². The molecule has 100 valence electrons. The summed E-state index contributed by atoms with van der Waals surface area (Å²) in [6.07, 6.45) is -0.316. The van der Waals surface area contributed by atoms with Gasteiger partial charge in [-0.2, -0.15) is 11.3 Å². The molecule has 1 aromatic carbocycles. The molecule has 5 heteroatoms. The summed E-state index contributed by atoms with van der Waals surface area (Å²) in [4.78, 5) is 11.7. The molecule has 3 nitrogen and oxygen atoms in total. The Labute approximate surface area is 124 Å². The van der Waals surface area contributed by atoms with Gasteiger partial charge in [0.2, 0.25) is 5.91 Å². The highest BCUT2D eigenvalue weighted by molar-refractivity contribution is 9.10. The zero-order valence-electron chi connectivity index (χ0n) is 10.2. The van der Waals surface area contributed by atoms with Crippen LogP contribution in [0.1, 0.15) is 17.2 Å². The van der Waals surface area contributed by atoms with Crippen LogP contribution in [0.3, 0.4) is 0 Å². The Kier molecular flexibility index (Phi) is 5.13. The first-order valence-corrected chi connectivity index (χ1v) is 7.60. The second-order valence-corrected chi connectivity index (χ2v) is 5.88. The molecule has 0 aliphatic carbocycles. The Hall–Kier alpha value is -1.17. The molecule has 0 aliphatic rings. The van der Waals surface area contributed by atoms with Crippen molar-refractivity contribution in [3.63, 3.8) is 0 Å². The number of nitrogens with one attached hydrogen (secondary N) is 1. The number of amides is 1. The summed E-state index contributed by atoms with van der Waals surface area (Å²) in [5.74, 6) is -0.0865. The Morgan fingerprint density at radius 3 is 2.68 bits per heavy atom. The van der Waals surface area contributed by atoms with Gasteiger partial charge in [-0.25, -0.2) is 0 Å². The van der Waals surface area contributed by atoms with Crippen molar-refractivity contribution in [2.24, 2.45) is 0 Å². The van der Waals surface area contributed by atoms with Crippen LogP contribution in [0.5, 0.6) is 0 Å². The summed E-state index contributed by atoms with van der Waals surface area (Å²) in [5.41, 5.74) is 1.79. The number of benzene rings is 1. The second kappa shape index (κ2) is 6.84. The summed E-state index contributed by atoms with van der Waals surface area (Å²) in [6.45, 7) is 0.242. The molecule has 0 radical (unpaired) electrons. The molecule has 0 saturated carbocycles. The maximum atomic E-state index is 11.7. The SMILES string of the molecule is O=C(Cc1ccc(Br)cc1)NCC(O)c1ccsc1. The number of halogens is 1. The molecule has 1 aromatic heterocycles. The molecule has 0 aliphatic heterocycles. The minimum absolute atomic E-state index is 0.0865. The normalized spacial score (nSPS) is 12.1. The number of aliphatic hydroxyl groups is 1. The van der Waals surface area contributed by atoms with E-state index in [0.29, 0.717) is 6.42 Å². The van der Waals surface area contributed by atoms with Gasteiger partial charge in [0.15, 0.2) is 0 Å². The van der Waals surface area contributed by atoms with Crippen LogP contribution in [-0.4, -0.2) is 17.6 Å². The number of aliphatic hydroxyl groups excluding tert-OH is 1. The number of hydrogen-bond donors (Lipinski definition) is 2. The third-order valence-corrected chi connectivity index (χ3v) is 3.93. The molecule has 2 N–H and O–H groups in total. The maximum absolute atomic E-state index is 11.7. The van der Waals surface area contributed by atoms with Gasteiger partial charge < -0.3 is 10.4 Å². The number of carbonyl (C=O) groups excluding carboxylic acids is 1. The van der Waals surface area contributed by atoms with Crippen molar-refractivity contribution < 1.29 is 9.90 Å². The summed E-state index contributed by atoms with van der Waals surface area (Å²) in [5, 5.41) is 16.4. The lowest BCUT2D eigenvalue weighted by atomic mass is 10.1. The van der Waals surface area contributed by atoms with Crippen LogP contribution in [0, 0.1) is 0 Å². The lowest BCUT2D eigenvalue weighted by Crippen LogP contribution is -2.29. The van der Waals surface area contributed by atoms with E-state index >= 15 is 0 Å². The van der Waals surface area contributed by atoms with Crippen LogP contribution in [-0.2, 0) is 11.2 Å². The van der Waals surface area contributed by atoms with Gasteiger partial charge in [-0.05, 0) is 40.1 Å². The molecular formula is C14H14BrNO2S. The van der Waals surface area contributed by atoms with E-state index in [-0.39, 0.29) is 12.5 Å². The first-order valence-electron chi connectivity index (χ1n) is 5.86. The molecule has 0 spiro atoms. The molecule has 1 amide bonds. The second-order valence-electron chi connectivity index (χ2n) is 4.18. The van der Waals surface area contributed by atoms with Crippen molar-refractivity contribution in [2.45, 2.75) is 12.5 Å². The van der Waals surface area contributed by atoms with E-state index in [0.717, 1.165) is 15.6 Å². The minimum Gasteiger partial charge on any atom is -0.387 e. The van der Waals surface area contributed by atoms with Gasteiger partial charge in [0.05, 0.1) is 12.5 Å². The maximum Gasteiger partial charge on any atom is 0.224 e. The van der Waals surface area contributed by atoms with Crippen LogP contribution < -0.4 is 5.32 Å². The third-order valence-electron chi connectivity index (χ3n) is 2.70. The van der Waals surface area contributed by atoms with Gasteiger partial charge in [0, 0.05) is 11.0 Å². The predicted octanol–water partition coefficient (Wildman–Crippen LogP) is 2.90. The van der Waals surface area contributed by atoms with Crippen LogP contribution in [0.2, 0.25) is 0 Å². The molecule has 19 heavy (non-hydrogen) atoms. The van der Waals surface area contributed by atoms with Crippen LogP contribution in [0.4, 0.5) is 0 Å². The van der Waals surface area contributed by atoms with Gasteiger partial charge in [-0.1, -0.05) is 28.1 Å². The fraction of sp³-hybridized carbons (Fsp3) is 0.214. The number of rotatable bonds is 5. The summed E-state index contributed by atoms with van der Waals surface area (Å²) < 4.78 is 0.990. The molecule has 0 saturated heterocycles. The van der Waals surface area contributed by atoms with Crippen molar-refractivity contribution in [1.29, 1.82) is 0 Å². The topological polar surface area (TPSA) is 49.3 Å². The zero-order chi connectivity index (χ0) is 13.7. The highest BCUT2D eigenvalue weighted by Crippen LogP contribution is 2.15. The number of thiophene rings is 1. The van der Waals surface area contributed by atoms with E-state index in [1.807, 2.05) is 41.1 Å². The molecular weight excluding hydrogens is 326 g/mol. The average molecular weight is 340 g/mol. The molecule has 2 rings (SSSR count). The molecule has 2 aromatic rings. The lowest BCUT2D eigenvalue weighted by molar-refractivity contribution is -0.120. The first-order chi connectivity index (χ1) is 9.15. The fourth-order valence-electron chi connectivity index (χ4n) is 1.64. The van der Waals surface area contributed by atoms with Crippen molar-refractivity contribution in [3.05, 3.63) is 56.7 Å². The van der Waals surface area contributed by atoms with Gasteiger partial charge in [0.1, 0.15) is 0 Å². The lowest BCUT2D eigenvalue weighted by Gasteiger charge is -2.10. The third kappa shape index (κ3) is 4.45. The zero-order valence-corrected chi connectivity index (χ0v) is 12.6. The fourth-order valence-corrected chi connectivity index (χ4v) is 2.61. The Morgan fingerprint density at radius 1 is 1.32 bits per heavy atom. The molecule has 1 unspecified atom stereocenters. The van der Waals surface area contributed by atoms with Crippen molar-refractivity contribution >= 4 is 33.2 Å². The summed E-state index contributed by atoms with van der Waals surface area (Å²) in [6, 6.07) is 9.47. The van der Waals surface area contributed by atoms with E-state index in [4.69, 9.17) is 0 Å². The molecule has 0 bridgehead atoms. The van der Waals surface area contributed by atoms with E-state index in [1.54, 1.807) is 0 Å². The standard InChI is InChI=1S/C14H14BrNO2S/c15-12-3-1-10(2-4-12)7-14(18)16-8-13(17)11-5-6-19-9-11/h1-6,9,13,17H,7-8H2,(H,16,18). The highest BCUT2D eigenvalue weighted by atomic mass is 79.9. The Bertz CT molecular complexity index is 525. The largest absolute Gasteiger partial charge is 0.387 e. The van der Waals surface area contributed by atoms with E-state index in [2.05, 4.69) is 21.2 Å². The van der Waals surface area contributed by atoms with E-state index in [1.165, 1.54) is 11.3 Å². The summed E-state index contributed by atoms with van der Waals surface area (Å²) in [7, 11) is 0. The first kappa shape index (κ1) is 14.2. The Morgan fingerprint density at radius 2 is 2.05 bits per heavy atom. The highest BCUT2D eigenvalue weighted by Gasteiger charge is 2.10. The van der Waals surface area contributed by atoms with Crippen LogP contribution in [0.15, 0.2) is 45.6 Å². The number of hydrogen-bond acceptors (Lipinski definition) is 3. The molecule has 1 heterocycles. The Balaban J connectivity index is 1.80. The van der Waals surface area contributed by atoms with E-state index < -0.39 is 6.10 Å². The monoisotopic (exact) mass is 339 g/mol. The van der Waals surface area contributed by atoms with Gasteiger partial charge >= 0.3 is 0 Å². The van der Waals surface area contributed by atoms with Crippen LogP contribution >= 0.6 is 27.3 Å². The molecule has 0 fully saturated rings. The van der Waals surface area contributed by atoms with Crippen molar-refractivity contribution in [1.82, 2.24) is 5.32 Å². The van der Waals surface area contributed by atoms with E-state index in [9.17, 15) is 9.90 Å². The van der Waals surface area contributed by atoms with Gasteiger partial charge in [0.25, 0.3) is 0 Å². The summed E-state index contributed by atoms with van der Waals surface area (Å²) >= 11 is 4.88. The minimum atomic E-state index is -0.639. The molecule has 1 atom stereocenters. The average Bonchev–Trinajstić information content (AvgIpc) is 2.93. The van der Waals surface area contributed by atoms with Crippen molar-refractivity contribution in [2.75, 3.05) is 6.54 Å². The predicted molar refractivity (Wildman–Crippen MR) is 80.1 cm³/mol. The quantitative estimate of drug-likeness (QED) is 0.879. The smallest absolute Gasteiger partial charge is 0.224 e. The van der Waals surface area contributed by atoms with Gasteiger partial charge in [-0.15, -0.1) is 0 Å². The van der Waals surface area contributed by atoms with Crippen LogP contribution in [0.25, 0.3) is 0 Å².